The standard InChI is InChI=1S/C10H14N2O5/c1-4-16-8(13)6-5-7(12-11-6)17-10(2,3)9(14)15/h5H,4H2,1-3H3,(H,11,12)(H,14,15). The maximum absolute atomic E-state index is 11.3. The second kappa shape index (κ2) is 4.86. The van der Waals surface area contributed by atoms with Crippen LogP contribution in [0.4, 0.5) is 0 Å². The Kier molecular flexibility index (Phi) is 3.72. The number of rotatable bonds is 5. The van der Waals surface area contributed by atoms with Gasteiger partial charge in [0.25, 0.3) is 0 Å². The van der Waals surface area contributed by atoms with Crippen LogP contribution in [0.1, 0.15) is 31.3 Å². The first-order valence-corrected chi connectivity index (χ1v) is 5.01. The van der Waals surface area contributed by atoms with E-state index < -0.39 is 17.5 Å². The minimum atomic E-state index is -1.42. The average Bonchev–Trinajstić information content (AvgIpc) is 2.65. The van der Waals surface area contributed by atoms with E-state index in [0.717, 1.165) is 0 Å². The number of aromatic nitrogens is 2. The number of carboxylic acid groups (broad SMARTS) is 1. The van der Waals surface area contributed by atoms with Gasteiger partial charge in [-0.2, -0.15) is 0 Å². The highest BCUT2D eigenvalue weighted by molar-refractivity contribution is 5.87. The Bertz CT molecular complexity index is 424. The molecule has 0 saturated carbocycles. The fourth-order valence-corrected chi connectivity index (χ4v) is 0.974. The van der Waals surface area contributed by atoms with Gasteiger partial charge in [0.15, 0.2) is 0 Å². The number of aromatic amines is 1. The number of nitrogens with one attached hydrogen (secondary N) is 1. The quantitative estimate of drug-likeness (QED) is 0.741. The third-order valence-corrected chi connectivity index (χ3v) is 1.92. The van der Waals surface area contributed by atoms with Gasteiger partial charge in [-0.1, -0.05) is 0 Å². The summed E-state index contributed by atoms with van der Waals surface area (Å²) in [6.07, 6.45) is 0. The minimum Gasteiger partial charge on any atom is -0.478 e. The molecule has 2 N–H and O–H groups in total. The third-order valence-electron chi connectivity index (χ3n) is 1.92. The Labute approximate surface area is 97.7 Å². The Morgan fingerprint density at radius 2 is 2.18 bits per heavy atom. The number of hydrogen-bond donors (Lipinski definition) is 2. The Morgan fingerprint density at radius 1 is 1.53 bits per heavy atom. The van der Waals surface area contributed by atoms with E-state index in [1.807, 2.05) is 0 Å². The van der Waals surface area contributed by atoms with Crippen molar-refractivity contribution in [3.05, 3.63) is 11.8 Å². The number of hydrogen-bond acceptors (Lipinski definition) is 5. The molecule has 0 spiro atoms. The zero-order valence-corrected chi connectivity index (χ0v) is 9.81. The van der Waals surface area contributed by atoms with Gasteiger partial charge >= 0.3 is 11.9 Å². The van der Waals surface area contributed by atoms with Gasteiger partial charge in [-0.25, -0.2) is 9.59 Å². The molecule has 0 unspecified atom stereocenters. The maximum Gasteiger partial charge on any atom is 0.356 e. The summed E-state index contributed by atoms with van der Waals surface area (Å²) < 4.78 is 9.86. The monoisotopic (exact) mass is 242 g/mol. The molecule has 0 amide bonds. The summed E-state index contributed by atoms with van der Waals surface area (Å²) in [4.78, 5) is 22.1. The van der Waals surface area contributed by atoms with Crippen LogP contribution >= 0.6 is 0 Å². The van der Waals surface area contributed by atoms with Crippen LogP contribution < -0.4 is 4.74 Å². The van der Waals surface area contributed by atoms with Crippen LogP contribution in [-0.2, 0) is 9.53 Å². The smallest absolute Gasteiger partial charge is 0.356 e. The fraction of sp³-hybridized carbons (Fsp3) is 0.500. The van der Waals surface area contributed by atoms with E-state index in [1.54, 1.807) is 6.92 Å². The molecule has 94 valence electrons. The molecule has 0 aliphatic rings. The summed E-state index contributed by atoms with van der Waals surface area (Å²) in [5.41, 5.74) is -1.30. The topological polar surface area (TPSA) is 102 Å². The van der Waals surface area contributed by atoms with Crippen LogP contribution in [0, 0.1) is 0 Å². The van der Waals surface area contributed by atoms with Crippen molar-refractivity contribution in [2.24, 2.45) is 0 Å². The van der Waals surface area contributed by atoms with Crippen LogP contribution in [0.2, 0.25) is 0 Å². The number of carboxylic acids is 1. The van der Waals surface area contributed by atoms with Crippen molar-refractivity contribution in [3.8, 4) is 5.88 Å². The van der Waals surface area contributed by atoms with Gasteiger partial charge in [0.05, 0.1) is 6.61 Å². The third kappa shape index (κ3) is 3.20. The van der Waals surface area contributed by atoms with Gasteiger partial charge in [-0.3, -0.25) is 5.10 Å². The molecule has 1 aromatic rings. The Morgan fingerprint density at radius 3 is 2.71 bits per heavy atom. The van der Waals surface area contributed by atoms with Crippen LogP contribution in [0.15, 0.2) is 6.07 Å². The van der Waals surface area contributed by atoms with Gasteiger partial charge < -0.3 is 14.6 Å². The molecule has 17 heavy (non-hydrogen) atoms. The fourth-order valence-electron chi connectivity index (χ4n) is 0.974. The van der Waals surface area contributed by atoms with Crippen molar-refractivity contribution in [2.75, 3.05) is 6.61 Å². The highest BCUT2D eigenvalue weighted by atomic mass is 16.5. The van der Waals surface area contributed by atoms with Gasteiger partial charge in [0.2, 0.25) is 11.5 Å². The number of carbonyl (C=O) groups excluding carboxylic acids is 1. The van der Waals surface area contributed by atoms with Crippen LogP contribution in [-0.4, -0.2) is 39.5 Å². The van der Waals surface area contributed by atoms with Crippen molar-refractivity contribution in [2.45, 2.75) is 26.4 Å². The van der Waals surface area contributed by atoms with Crippen molar-refractivity contribution in [3.63, 3.8) is 0 Å². The van der Waals surface area contributed by atoms with E-state index >= 15 is 0 Å². The van der Waals surface area contributed by atoms with E-state index in [1.165, 1.54) is 19.9 Å². The Hall–Kier alpha value is -2.05. The first-order chi connectivity index (χ1) is 7.86. The van der Waals surface area contributed by atoms with Crippen molar-refractivity contribution in [1.82, 2.24) is 10.2 Å². The number of nitrogens with zero attached hydrogens (tertiary/aromatic N) is 1. The average molecular weight is 242 g/mol. The molecule has 0 aliphatic carbocycles. The summed E-state index contributed by atoms with van der Waals surface area (Å²) in [6, 6.07) is 1.29. The number of carbonyl (C=O) groups is 2. The predicted octanol–water partition coefficient (Wildman–Crippen LogP) is 0.828. The molecule has 0 radical (unpaired) electrons. The zero-order valence-electron chi connectivity index (χ0n) is 9.81. The molecule has 0 atom stereocenters. The molecule has 0 aliphatic heterocycles. The predicted molar refractivity (Wildman–Crippen MR) is 56.9 cm³/mol. The lowest BCUT2D eigenvalue weighted by Crippen LogP contribution is -2.37. The van der Waals surface area contributed by atoms with Gasteiger partial charge in [-0.05, 0) is 20.8 Å². The normalized spacial score (nSPS) is 11.0. The molecule has 1 aromatic heterocycles. The molecule has 1 rings (SSSR count). The van der Waals surface area contributed by atoms with Crippen molar-refractivity contribution < 1.29 is 24.2 Å². The highest BCUT2D eigenvalue weighted by Gasteiger charge is 2.30. The van der Waals surface area contributed by atoms with E-state index in [4.69, 9.17) is 14.6 Å². The SMILES string of the molecule is CCOC(=O)c1cc(OC(C)(C)C(=O)O)n[nH]1. The first-order valence-electron chi connectivity index (χ1n) is 5.01. The van der Waals surface area contributed by atoms with Crippen LogP contribution in [0.5, 0.6) is 5.88 Å². The summed E-state index contributed by atoms with van der Waals surface area (Å²) in [5, 5.41) is 14.9. The van der Waals surface area contributed by atoms with E-state index in [-0.39, 0.29) is 18.2 Å². The lowest BCUT2D eigenvalue weighted by molar-refractivity contribution is -0.152. The van der Waals surface area contributed by atoms with E-state index in [0.29, 0.717) is 0 Å². The molecule has 0 bridgehead atoms. The van der Waals surface area contributed by atoms with Crippen LogP contribution in [0.25, 0.3) is 0 Å². The van der Waals surface area contributed by atoms with Gasteiger partial charge in [-0.15, -0.1) is 5.10 Å². The maximum atomic E-state index is 11.3. The lowest BCUT2D eigenvalue weighted by atomic mass is 10.1. The van der Waals surface area contributed by atoms with Crippen LogP contribution in [0.3, 0.4) is 0 Å². The van der Waals surface area contributed by atoms with Crippen molar-refractivity contribution >= 4 is 11.9 Å². The number of H-pyrrole nitrogens is 1. The number of esters is 1. The van der Waals surface area contributed by atoms with Gasteiger partial charge in [0, 0.05) is 6.07 Å². The second-order valence-electron chi connectivity index (χ2n) is 3.76. The lowest BCUT2D eigenvalue weighted by Gasteiger charge is -2.18. The molecule has 7 nitrogen and oxygen atoms in total. The molecule has 0 aromatic carbocycles. The molecule has 7 heteroatoms. The molecular formula is C10H14N2O5. The molecule has 0 fully saturated rings. The van der Waals surface area contributed by atoms with Gasteiger partial charge in [0.1, 0.15) is 5.69 Å². The summed E-state index contributed by atoms with van der Waals surface area (Å²) in [7, 11) is 0. The minimum absolute atomic E-state index is 0.0282. The molecular weight excluding hydrogens is 228 g/mol. The first kappa shape index (κ1) is 13.0. The largest absolute Gasteiger partial charge is 0.478 e. The number of ether oxygens (including phenoxy) is 2. The zero-order chi connectivity index (χ0) is 13.1. The second-order valence-corrected chi connectivity index (χ2v) is 3.76. The summed E-state index contributed by atoms with van der Waals surface area (Å²) in [5.74, 6) is -1.67. The molecule has 0 saturated heterocycles. The highest BCUT2D eigenvalue weighted by Crippen LogP contribution is 2.17. The summed E-state index contributed by atoms with van der Waals surface area (Å²) in [6.45, 7) is 4.69. The van der Waals surface area contributed by atoms with Crippen molar-refractivity contribution in [1.29, 1.82) is 0 Å². The molecule has 1 heterocycles. The number of aliphatic carboxylic acids is 1. The van der Waals surface area contributed by atoms with E-state index in [9.17, 15) is 9.59 Å². The Balaban J connectivity index is 2.75. The van der Waals surface area contributed by atoms with E-state index in [2.05, 4.69) is 10.2 Å². The summed E-state index contributed by atoms with van der Waals surface area (Å²) >= 11 is 0.